The molecule has 110 valence electrons. The molecule has 0 atom stereocenters. The van der Waals surface area contributed by atoms with Crippen molar-refractivity contribution in [1.29, 1.82) is 0 Å². The number of primary amides is 1. The number of carbonyl (C=O) groups is 1. The van der Waals surface area contributed by atoms with Crippen LogP contribution in [0.4, 0.5) is 4.39 Å². The van der Waals surface area contributed by atoms with E-state index in [0.29, 0.717) is 37.4 Å². The van der Waals surface area contributed by atoms with Crippen LogP contribution in [0.1, 0.15) is 18.7 Å². The molecule has 6 nitrogen and oxygen atoms in total. The minimum Gasteiger partial charge on any atom is -0.381 e. The summed E-state index contributed by atoms with van der Waals surface area (Å²) in [5.41, 5.74) is 5.16. The van der Waals surface area contributed by atoms with Gasteiger partial charge < -0.3 is 15.0 Å². The van der Waals surface area contributed by atoms with Crippen molar-refractivity contribution in [2.45, 2.75) is 18.3 Å². The quantitative estimate of drug-likeness (QED) is 0.923. The number of nitrogens with two attached hydrogens (primary N) is 1. The van der Waals surface area contributed by atoms with E-state index in [1.807, 2.05) is 0 Å². The van der Waals surface area contributed by atoms with E-state index < -0.39 is 11.3 Å². The maximum atomic E-state index is 12.9. The summed E-state index contributed by atoms with van der Waals surface area (Å²) in [7, 11) is 0. The molecule has 1 aromatic heterocycles. The van der Waals surface area contributed by atoms with Crippen molar-refractivity contribution in [2.75, 3.05) is 13.2 Å². The van der Waals surface area contributed by atoms with E-state index >= 15 is 0 Å². The number of aromatic nitrogens is 2. The van der Waals surface area contributed by atoms with Crippen LogP contribution in [0, 0.1) is 5.82 Å². The molecule has 0 saturated carbocycles. The summed E-state index contributed by atoms with van der Waals surface area (Å²) in [6, 6.07) is 5.71. The van der Waals surface area contributed by atoms with Gasteiger partial charge in [-0.15, -0.1) is 0 Å². The molecule has 0 bridgehead atoms. The second kappa shape index (κ2) is 5.25. The molecule has 1 aromatic carbocycles. The fourth-order valence-electron chi connectivity index (χ4n) is 2.42. The smallest absolute Gasteiger partial charge is 0.242 e. The van der Waals surface area contributed by atoms with Gasteiger partial charge in [0.05, 0.1) is 0 Å². The van der Waals surface area contributed by atoms with Gasteiger partial charge in [0.2, 0.25) is 17.6 Å². The van der Waals surface area contributed by atoms with Gasteiger partial charge in [0.25, 0.3) is 0 Å². The summed E-state index contributed by atoms with van der Waals surface area (Å²) in [5, 5.41) is 3.86. The zero-order valence-corrected chi connectivity index (χ0v) is 11.2. The molecule has 0 aliphatic carbocycles. The molecular formula is C14H14FN3O3. The summed E-state index contributed by atoms with van der Waals surface area (Å²) in [6.45, 7) is 0.828. The van der Waals surface area contributed by atoms with E-state index in [-0.39, 0.29) is 11.7 Å². The van der Waals surface area contributed by atoms with Gasteiger partial charge in [-0.05, 0) is 37.1 Å². The van der Waals surface area contributed by atoms with Crippen LogP contribution >= 0.6 is 0 Å². The first-order valence-corrected chi connectivity index (χ1v) is 6.60. The zero-order chi connectivity index (χ0) is 14.9. The third-order valence-corrected chi connectivity index (χ3v) is 3.76. The average molecular weight is 291 g/mol. The van der Waals surface area contributed by atoms with Gasteiger partial charge in [-0.1, -0.05) is 5.16 Å². The second-order valence-corrected chi connectivity index (χ2v) is 4.99. The summed E-state index contributed by atoms with van der Waals surface area (Å²) in [5.74, 6) is -0.352. The molecule has 1 aliphatic heterocycles. The van der Waals surface area contributed by atoms with Crippen molar-refractivity contribution in [1.82, 2.24) is 10.1 Å². The van der Waals surface area contributed by atoms with Gasteiger partial charge in [0, 0.05) is 18.8 Å². The fraction of sp³-hybridized carbons (Fsp3) is 0.357. The van der Waals surface area contributed by atoms with E-state index in [2.05, 4.69) is 10.1 Å². The van der Waals surface area contributed by atoms with Crippen LogP contribution in [-0.2, 0) is 14.9 Å². The molecule has 3 rings (SSSR count). The molecule has 1 amide bonds. The second-order valence-electron chi connectivity index (χ2n) is 4.99. The minimum absolute atomic E-state index is 0.192. The maximum Gasteiger partial charge on any atom is 0.242 e. The minimum atomic E-state index is -0.983. The van der Waals surface area contributed by atoms with Crippen LogP contribution in [-0.4, -0.2) is 29.3 Å². The summed E-state index contributed by atoms with van der Waals surface area (Å²) < 4.78 is 23.4. The van der Waals surface area contributed by atoms with Crippen molar-refractivity contribution in [3.8, 4) is 11.4 Å². The van der Waals surface area contributed by atoms with Crippen LogP contribution < -0.4 is 5.73 Å². The Morgan fingerprint density at radius 1 is 1.24 bits per heavy atom. The normalized spacial score (nSPS) is 17.6. The Hall–Kier alpha value is -2.28. The third-order valence-electron chi connectivity index (χ3n) is 3.76. The molecular weight excluding hydrogens is 277 g/mol. The molecule has 2 heterocycles. The molecule has 7 heteroatoms. The number of halogens is 1. The van der Waals surface area contributed by atoms with Gasteiger partial charge in [-0.2, -0.15) is 4.98 Å². The number of carbonyl (C=O) groups excluding carboxylic acids is 1. The lowest BCUT2D eigenvalue weighted by Gasteiger charge is -2.30. The largest absolute Gasteiger partial charge is 0.381 e. The van der Waals surface area contributed by atoms with E-state index in [1.165, 1.54) is 12.1 Å². The molecule has 21 heavy (non-hydrogen) atoms. The highest BCUT2D eigenvalue weighted by molar-refractivity contribution is 5.85. The molecule has 2 N–H and O–H groups in total. The van der Waals surface area contributed by atoms with Crippen LogP contribution in [0.15, 0.2) is 28.8 Å². The van der Waals surface area contributed by atoms with Crippen LogP contribution in [0.5, 0.6) is 0 Å². The van der Waals surface area contributed by atoms with Crippen molar-refractivity contribution in [3.05, 3.63) is 36.0 Å². The highest BCUT2D eigenvalue weighted by Gasteiger charge is 2.45. The average Bonchev–Trinajstić information content (AvgIpc) is 2.99. The fourth-order valence-corrected chi connectivity index (χ4v) is 2.42. The number of hydrogen-bond acceptors (Lipinski definition) is 5. The van der Waals surface area contributed by atoms with Gasteiger partial charge in [0.1, 0.15) is 11.2 Å². The Kier molecular flexibility index (Phi) is 3.42. The Morgan fingerprint density at radius 2 is 1.90 bits per heavy atom. The van der Waals surface area contributed by atoms with E-state index in [0.717, 1.165) is 0 Å². The standard InChI is InChI=1S/C14H14FN3O3/c15-10-3-1-9(2-4-10)11-17-13(21-18-11)14(12(16)19)5-7-20-8-6-14/h1-4H,5-8H2,(H2,16,19). The van der Waals surface area contributed by atoms with Crippen LogP contribution in [0.3, 0.4) is 0 Å². The number of rotatable bonds is 3. The lowest BCUT2D eigenvalue weighted by molar-refractivity contribution is -0.128. The van der Waals surface area contributed by atoms with Gasteiger partial charge in [-0.25, -0.2) is 4.39 Å². The molecule has 0 spiro atoms. The van der Waals surface area contributed by atoms with E-state index in [9.17, 15) is 9.18 Å². The molecule has 1 saturated heterocycles. The summed E-state index contributed by atoms with van der Waals surface area (Å²) >= 11 is 0. The van der Waals surface area contributed by atoms with E-state index in [1.54, 1.807) is 12.1 Å². The number of ether oxygens (including phenoxy) is 1. The Morgan fingerprint density at radius 3 is 2.52 bits per heavy atom. The maximum absolute atomic E-state index is 12.9. The SMILES string of the molecule is NC(=O)C1(c2nc(-c3ccc(F)cc3)no2)CCOCC1. The highest BCUT2D eigenvalue weighted by Crippen LogP contribution is 2.34. The van der Waals surface area contributed by atoms with Crippen molar-refractivity contribution in [2.24, 2.45) is 5.73 Å². The molecule has 2 aromatic rings. The van der Waals surface area contributed by atoms with Gasteiger partial charge in [-0.3, -0.25) is 4.79 Å². The first-order valence-electron chi connectivity index (χ1n) is 6.60. The topological polar surface area (TPSA) is 91.2 Å². The molecule has 1 aliphatic rings. The first kappa shape index (κ1) is 13.7. The monoisotopic (exact) mass is 291 g/mol. The highest BCUT2D eigenvalue weighted by atomic mass is 19.1. The van der Waals surface area contributed by atoms with Crippen LogP contribution in [0.2, 0.25) is 0 Å². The van der Waals surface area contributed by atoms with Gasteiger partial charge >= 0.3 is 0 Å². The van der Waals surface area contributed by atoms with Crippen molar-refractivity contribution < 1.29 is 18.4 Å². The number of hydrogen-bond donors (Lipinski definition) is 1. The summed E-state index contributed by atoms with van der Waals surface area (Å²) in [6.07, 6.45) is 0.820. The van der Waals surface area contributed by atoms with E-state index in [4.69, 9.17) is 15.0 Å². The third kappa shape index (κ3) is 2.40. The molecule has 0 unspecified atom stereocenters. The number of nitrogens with zero attached hydrogens (tertiary/aromatic N) is 2. The van der Waals surface area contributed by atoms with Crippen molar-refractivity contribution in [3.63, 3.8) is 0 Å². The van der Waals surface area contributed by atoms with Crippen LogP contribution in [0.25, 0.3) is 11.4 Å². The number of amides is 1. The summed E-state index contributed by atoms with van der Waals surface area (Å²) in [4.78, 5) is 16.1. The Labute approximate surface area is 120 Å². The molecule has 1 fully saturated rings. The van der Waals surface area contributed by atoms with Gasteiger partial charge in [0.15, 0.2) is 0 Å². The lowest BCUT2D eigenvalue weighted by atomic mass is 9.79. The predicted molar refractivity (Wildman–Crippen MR) is 70.6 cm³/mol. The number of benzene rings is 1. The van der Waals surface area contributed by atoms with Crippen molar-refractivity contribution >= 4 is 5.91 Å². The zero-order valence-electron chi connectivity index (χ0n) is 11.2. The first-order chi connectivity index (χ1) is 10.1. The Bertz CT molecular complexity index is 648. The predicted octanol–water partition coefficient (Wildman–Crippen LogP) is 1.41. The lowest BCUT2D eigenvalue weighted by Crippen LogP contribution is -2.45. The Balaban J connectivity index is 1.96. The molecule has 0 radical (unpaired) electrons.